The first-order valence-electron chi connectivity index (χ1n) is 7.09. The number of rotatable bonds is 3. The quantitative estimate of drug-likeness (QED) is 0.893. The molecule has 0 aliphatic carbocycles. The molecule has 1 aliphatic rings. The lowest BCUT2D eigenvalue weighted by Crippen LogP contribution is -2.38. The van der Waals surface area contributed by atoms with E-state index in [9.17, 15) is 4.79 Å². The van der Waals surface area contributed by atoms with Crippen molar-refractivity contribution in [3.05, 3.63) is 35.7 Å². The molecule has 0 aromatic carbocycles. The number of aromatic amines is 2. The van der Waals surface area contributed by atoms with Gasteiger partial charge in [0.05, 0.1) is 18.7 Å². The van der Waals surface area contributed by atoms with Crippen LogP contribution in [0.5, 0.6) is 0 Å². The van der Waals surface area contributed by atoms with Crippen molar-refractivity contribution in [3.63, 3.8) is 0 Å². The van der Waals surface area contributed by atoms with E-state index < -0.39 is 0 Å². The lowest BCUT2D eigenvalue weighted by Gasteiger charge is -2.31. The van der Waals surface area contributed by atoms with E-state index >= 15 is 0 Å². The first-order chi connectivity index (χ1) is 9.79. The highest BCUT2D eigenvalue weighted by Crippen LogP contribution is 2.29. The molecule has 0 atom stereocenters. The van der Waals surface area contributed by atoms with Crippen molar-refractivity contribution >= 4 is 5.91 Å². The number of hydrogen-bond acceptors (Lipinski definition) is 3. The first-order valence-corrected chi connectivity index (χ1v) is 7.09. The van der Waals surface area contributed by atoms with Crippen LogP contribution in [0.4, 0.5) is 0 Å². The summed E-state index contributed by atoms with van der Waals surface area (Å²) in [5.74, 6) is 0.527. The SMILES string of the molecule is CCc1cn[nH]c1C1CCN(C(=O)c2cnc[nH]2)CC1. The molecule has 1 amide bonds. The third-order valence-corrected chi connectivity index (χ3v) is 4.05. The van der Waals surface area contributed by atoms with E-state index in [1.807, 2.05) is 11.1 Å². The van der Waals surface area contributed by atoms with Crippen LogP contribution in [0.3, 0.4) is 0 Å². The monoisotopic (exact) mass is 273 g/mol. The van der Waals surface area contributed by atoms with Gasteiger partial charge in [-0.05, 0) is 24.8 Å². The zero-order valence-electron chi connectivity index (χ0n) is 11.6. The van der Waals surface area contributed by atoms with Crippen molar-refractivity contribution in [2.75, 3.05) is 13.1 Å². The summed E-state index contributed by atoms with van der Waals surface area (Å²) in [6.07, 6.45) is 8.00. The van der Waals surface area contributed by atoms with Crippen molar-refractivity contribution in [1.82, 2.24) is 25.1 Å². The molecule has 6 heteroatoms. The van der Waals surface area contributed by atoms with Gasteiger partial charge in [-0.1, -0.05) is 6.92 Å². The Balaban J connectivity index is 1.64. The van der Waals surface area contributed by atoms with E-state index in [1.54, 1.807) is 6.20 Å². The number of carbonyl (C=O) groups excluding carboxylic acids is 1. The molecule has 1 fully saturated rings. The molecule has 106 valence electrons. The normalized spacial score (nSPS) is 16.6. The minimum Gasteiger partial charge on any atom is -0.341 e. The van der Waals surface area contributed by atoms with E-state index in [0.29, 0.717) is 11.6 Å². The van der Waals surface area contributed by atoms with Crippen LogP contribution in [-0.2, 0) is 6.42 Å². The molecule has 20 heavy (non-hydrogen) atoms. The van der Waals surface area contributed by atoms with Gasteiger partial charge in [0.1, 0.15) is 5.69 Å². The average Bonchev–Trinajstić information content (AvgIpc) is 3.17. The van der Waals surface area contributed by atoms with Crippen molar-refractivity contribution < 1.29 is 4.79 Å². The Morgan fingerprint density at radius 2 is 2.20 bits per heavy atom. The van der Waals surface area contributed by atoms with Gasteiger partial charge in [0.15, 0.2) is 0 Å². The average molecular weight is 273 g/mol. The summed E-state index contributed by atoms with van der Waals surface area (Å²) < 4.78 is 0. The summed E-state index contributed by atoms with van der Waals surface area (Å²) in [7, 11) is 0. The topological polar surface area (TPSA) is 77.7 Å². The first kappa shape index (κ1) is 12.9. The second-order valence-corrected chi connectivity index (χ2v) is 5.19. The molecule has 0 radical (unpaired) electrons. The molecule has 0 spiro atoms. The second-order valence-electron chi connectivity index (χ2n) is 5.19. The molecule has 2 aromatic rings. The van der Waals surface area contributed by atoms with E-state index in [2.05, 4.69) is 27.1 Å². The molecule has 3 heterocycles. The number of carbonyl (C=O) groups is 1. The van der Waals surface area contributed by atoms with Gasteiger partial charge in [-0.25, -0.2) is 4.98 Å². The number of piperidine rings is 1. The van der Waals surface area contributed by atoms with E-state index in [0.717, 1.165) is 32.4 Å². The highest BCUT2D eigenvalue weighted by Gasteiger charge is 2.26. The number of likely N-dealkylation sites (tertiary alicyclic amines) is 1. The fraction of sp³-hybridized carbons (Fsp3) is 0.500. The minimum absolute atomic E-state index is 0.0428. The van der Waals surface area contributed by atoms with Gasteiger partial charge in [-0.15, -0.1) is 0 Å². The molecule has 2 N–H and O–H groups in total. The highest BCUT2D eigenvalue weighted by atomic mass is 16.2. The van der Waals surface area contributed by atoms with Crippen LogP contribution in [0.2, 0.25) is 0 Å². The molecule has 1 aliphatic heterocycles. The summed E-state index contributed by atoms with van der Waals surface area (Å²) in [6, 6.07) is 0. The van der Waals surface area contributed by atoms with Crippen LogP contribution in [0.1, 0.15) is 47.4 Å². The Bertz CT molecular complexity index is 566. The largest absolute Gasteiger partial charge is 0.341 e. The number of nitrogens with zero attached hydrogens (tertiary/aromatic N) is 3. The molecule has 6 nitrogen and oxygen atoms in total. The summed E-state index contributed by atoms with van der Waals surface area (Å²) in [5.41, 5.74) is 3.11. The lowest BCUT2D eigenvalue weighted by molar-refractivity contribution is 0.0706. The summed E-state index contributed by atoms with van der Waals surface area (Å²) in [4.78, 5) is 20.9. The smallest absolute Gasteiger partial charge is 0.271 e. The van der Waals surface area contributed by atoms with Crippen LogP contribution >= 0.6 is 0 Å². The van der Waals surface area contributed by atoms with Crippen LogP contribution < -0.4 is 0 Å². The lowest BCUT2D eigenvalue weighted by atomic mass is 9.91. The Hall–Kier alpha value is -2.11. The molecule has 2 aromatic heterocycles. The van der Waals surface area contributed by atoms with Gasteiger partial charge in [0, 0.05) is 24.7 Å². The summed E-state index contributed by atoms with van der Waals surface area (Å²) in [6.45, 7) is 3.71. The maximum Gasteiger partial charge on any atom is 0.271 e. The van der Waals surface area contributed by atoms with Crippen LogP contribution in [0.25, 0.3) is 0 Å². The Morgan fingerprint density at radius 3 is 2.85 bits per heavy atom. The molecular weight excluding hydrogens is 254 g/mol. The third-order valence-electron chi connectivity index (χ3n) is 4.05. The van der Waals surface area contributed by atoms with E-state index in [1.165, 1.54) is 17.6 Å². The maximum absolute atomic E-state index is 12.2. The molecule has 3 rings (SSSR count). The summed E-state index contributed by atoms with van der Waals surface area (Å²) in [5, 5.41) is 7.27. The predicted molar refractivity (Wildman–Crippen MR) is 74.4 cm³/mol. The van der Waals surface area contributed by atoms with Gasteiger partial charge >= 0.3 is 0 Å². The zero-order chi connectivity index (χ0) is 13.9. The number of aryl methyl sites for hydroxylation is 1. The number of amides is 1. The Morgan fingerprint density at radius 1 is 1.40 bits per heavy atom. The number of H-pyrrole nitrogens is 2. The van der Waals surface area contributed by atoms with Crippen LogP contribution in [0.15, 0.2) is 18.7 Å². The number of hydrogen-bond donors (Lipinski definition) is 2. The van der Waals surface area contributed by atoms with E-state index in [4.69, 9.17) is 0 Å². The van der Waals surface area contributed by atoms with Gasteiger partial charge in [-0.2, -0.15) is 5.10 Å². The van der Waals surface area contributed by atoms with Crippen molar-refractivity contribution in [2.24, 2.45) is 0 Å². The predicted octanol–water partition coefficient (Wildman–Crippen LogP) is 1.72. The number of aromatic nitrogens is 4. The van der Waals surface area contributed by atoms with Crippen LogP contribution in [-0.4, -0.2) is 44.1 Å². The number of nitrogens with one attached hydrogen (secondary N) is 2. The molecular formula is C14H19N5O. The van der Waals surface area contributed by atoms with Gasteiger partial charge < -0.3 is 9.88 Å². The third kappa shape index (κ3) is 2.33. The van der Waals surface area contributed by atoms with E-state index in [-0.39, 0.29) is 5.91 Å². The molecule has 0 saturated carbocycles. The van der Waals surface area contributed by atoms with Gasteiger partial charge in [0.25, 0.3) is 5.91 Å². The van der Waals surface area contributed by atoms with Crippen molar-refractivity contribution in [1.29, 1.82) is 0 Å². The highest BCUT2D eigenvalue weighted by molar-refractivity contribution is 5.92. The molecule has 0 bridgehead atoms. The standard InChI is InChI=1S/C14H19N5O/c1-2-10-7-17-18-13(10)11-3-5-19(6-4-11)14(20)12-8-15-9-16-12/h7-9,11H,2-6H2,1H3,(H,15,16)(H,17,18). The van der Waals surface area contributed by atoms with Crippen molar-refractivity contribution in [3.8, 4) is 0 Å². The van der Waals surface area contributed by atoms with Gasteiger partial charge in [-0.3, -0.25) is 9.89 Å². The minimum atomic E-state index is 0.0428. The molecule has 1 saturated heterocycles. The number of imidazole rings is 1. The van der Waals surface area contributed by atoms with Gasteiger partial charge in [0.2, 0.25) is 0 Å². The zero-order valence-corrected chi connectivity index (χ0v) is 11.6. The molecule has 0 unspecified atom stereocenters. The van der Waals surface area contributed by atoms with Crippen molar-refractivity contribution in [2.45, 2.75) is 32.1 Å². The Labute approximate surface area is 117 Å². The fourth-order valence-corrected chi connectivity index (χ4v) is 2.87. The summed E-state index contributed by atoms with van der Waals surface area (Å²) >= 11 is 0. The fourth-order valence-electron chi connectivity index (χ4n) is 2.87. The Kier molecular flexibility index (Phi) is 3.54. The maximum atomic E-state index is 12.2. The van der Waals surface area contributed by atoms with Crippen LogP contribution in [0, 0.1) is 0 Å². The second kappa shape index (κ2) is 5.48.